The van der Waals surface area contributed by atoms with Crippen molar-refractivity contribution in [2.24, 2.45) is 0 Å². The van der Waals surface area contributed by atoms with E-state index in [0.29, 0.717) is 39.4 Å². The van der Waals surface area contributed by atoms with Crippen molar-refractivity contribution < 1.29 is 28.7 Å². The predicted octanol–water partition coefficient (Wildman–Crippen LogP) is 3.84. The molecule has 0 bridgehead atoms. The minimum Gasteiger partial charge on any atom is -0.480 e. The molecule has 0 aliphatic carbocycles. The summed E-state index contributed by atoms with van der Waals surface area (Å²) in [5.74, 6) is -0.511. The van der Waals surface area contributed by atoms with E-state index in [0.717, 1.165) is 5.56 Å². The SMILES string of the molecule is CCOC(=O)c1nc(-c2cccc(-c3cc([C@]4(O)CCN(C)C4=O)on3)c2)sc1Nc1cccnc1OC. The molecule has 1 fully saturated rings. The van der Waals surface area contributed by atoms with Crippen LogP contribution in [0.3, 0.4) is 0 Å². The molecule has 11 nitrogen and oxygen atoms in total. The van der Waals surface area contributed by atoms with Crippen LogP contribution in [-0.4, -0.2) is 64.3 Å². The molecular formula is C26H25N5O6S. The van der Waals surface area contributed by atoms with Gasteiger partial charge in [0.25, 0.3) is 5.91 Å². The maximum atomic E-state index is 12.7. The van der Waals surface area contributed by atoms with Crippen molar-refractivity contribution in [1.29, 1.82) is 0 Å². The number of anilines is 2. The number of hydrogen-bond donors (Lipinski definition) is 2. The van der Waals surface area contributed by atoms with E-state index in [9.17, 15) is 14.7 Å². The van der Waals surface area contributed by atoms with Crippen molar-refractivity contribution in [3.63, 3.8) is 0 Å². The molecular weight excluding hydrogens is 510 g/mol. The molecule has 4 heterocycles. The molecule has 1 aliphatic rings. The van der Waals surface area contributed by atoms with Gasteiger partial charge in [-0.15, -0.1) is 0 Å². The molecule has 38 heavy (non-hydrogen) atoms. The Bertz CT molecular complexity index is 1500. The van der Waals surface area contributed by atoms with Crippen molar-refractivity contribution in [3.05, 3.63) is 60.1 Å². The van der Waals surface area contributed by atoms with Crippen LogP contribution in [-0.2, 0) is 15.1 Å². The number of hydrogen-bond acceptors (Lipinski definition) is 11. The number of nitrogens with zero attached hydrogens (tertiary/aromatic N) is 4. The van der Waals surface area contributed by atoms with Crippen molar-refractivity contribution in [2.75, 3.05) is 32.6 Å². The van der Waals surface area contributed by atoms with Crippen LogP contribution in [0.1, 0.15) is 29.6 Å². The fourth-order valence-corrected chi connectivity index (χ4v) is 5.10. The smallest absolute Gasteiger partial charge is 0.360 e. The number of likely N-dealkylation sites (N-methyl/N-ethyl adjacent to an activating group) is 1. The lowest BCUT2D eigenvalue weighted by atomic mass is 9.98. The van der Waals surface area contributed by atoms with Gasteiger partial charge in [0.2, 0.25) is 11.5 Å². The van der Waals surface area contributed by atoms with Crippen LogP contribution >= 0.6 is 11.3 Å². The number of aromatic nitrogens is 3. The zero-order chi connectivity index (χ0) is 26.9. The van der Waals surface area contributed by atoms with Crippen molar-refractivity contribution in [1.82, 2.24) is 20.0 Å². The first-order valence-corrected chi connectivity index (χ1v) is 12.7. The van der Waals surface area contributed by atoms with Gasteiger partial charge in [0.15, 0.2) is 11.5 Å². The lowest BCUT2D eigenvalue weighted by Gasteiger charge is -2.16. The zero-order valence-electron chi connectivity index (χ0n) is 20.9. The maximum Gasteiger partial charge on any atom is 0.360 e. The summed E-state index contributed by atoms with van der Waals surface area (Å²) in [6.45, 7) is 2.36. The summed E-state index contributed by atoms with van der Waals surface area (Å²) >= 11 is 1.27. The molecule has 0 saturated carbocycles. The normalized spacial score (nSPS) is 17.1. The number of rotatable bonds is 8. The van der Waals surface area contributed by atoms with E-state index in [2.05, 4.69) is 20.4 Å². The van der Waals surface area contributed by atoms with E-state index in [1.54, 1.807) is 38.4 Å². The van der Waals surface area contributed by atoms with Crippen LogP contribution in [0.25, 0.3) is 21.8 Å². The molecule has 196 valence electrons. The molecule has 0 radical (unpaired) electrons. The van der Waals surface area contributed by atoms with E-state index in [1.165, 1.54) is 23.3 Å². The topological polar surface area (TPSA) is 140 Å². The molecule has 2 N–H and O–H groups in total. The van der Waals surface area contributed by atoms with Crippen LogP contribution < -0.4 is 10.1 Å². The standard InChI is InChI=1S/C26H25N5O6S/c1-4-36-24(32)20-23(28-17-9-6-11-27-21(17)35-3)38-22(29-20)16-8-5-7-15(13-16)18-14-19(37-30-18)26(34)10-12-31(2)25(26)33/h5-9,11,13-14,28,34H,4,10,12H2,1-3H3/t26-/m1/s1. The second-order valence-electron chi connectivity index (χ2n) is 8.60. The summed E-state index contributed by atoms with van der Waals surface area (Å²) in [4.78, 5) is 35.4. The van der Waals surface area contributed by atoms with E-state index in [-0.39, 0.29) is 24.5 Å². The van der Waals surface area contributed by atoms with E-state index in [4.69, 9.17) is 14.0 Å². The van der Waals surface area contributed by atoms with Crippen LogP contribution in [0.5, 0.6) is 5.88 Å². The maximum absolute atomic E-state index is 12.7. The van der Waals surface area contributed by atoms with Gasteiger partial charge in [-0.1, -0.05) is 34.7 Å². The fourth-order valence-electron chi connectivity index (χ4n) is 4.14. The molecule has 1 saturated heterocycles. The largest absolute Gasteiger partial charge is 0.480 e. The summed E-state index contributed by atoms with van der Waals surface area (Å²) in [5, 5.41) is 19.2. The van der Waals surface area contributed by atoms with Crippen molar-refractivity contribution in [3.8, 4) is 27.7 Å². The third-order valence-corrected chi connectivity index (χ3v) is 7.16. The van der Waals surface area contributed by atoms with Gasteiger partial charge < -0.3 is 29.3 Å². The summed E-state index contributed by atoms with van der Waals surface area (Å²) < 4.78 is 15.9. The summed E-state index contributed by atoms with van der Waals surface area (Å²) in [6, 6.07) is 12.5. The number of pyridine rings is 1. The molecule has 0 unspecified atom stereocenters. The number of esters is 1. The summed E-state index contributed by atoms with van der Waals surface area (Å²) in [5.41, 5.74) is 0.858. The first kappa shape index (κ1) is 25.4. The molecule has 1 atom stereocenters. The average Bonchev–Trinajstić information content (AvgIpc) is 3.65. The minimum absolute atomic E-state index is 0.100. The van der Waals surface area contributed by atoms with Gasteiger partial charge >= 0.3 is 5.97 Å². The molecule has 5 rings (SSSR count). The molecule has 0 spiro atoms. The zero-order valence-corrected chi connectivity index (χ0v) is 21.7. The van der Waals surface area contributed by atoms with E-state index in [1.807, 2.05) is 24.3 Å². The van der Waals surface area contributed by atoms with Crippen molar-refractivity contribution >= 4 is 33.9 Å². The molecule has 12 heteroatoms. The minimum atomic E-state index is -1.73. The fraction of sp³-hybridized carbons (Fsp3) is 0.269. The van der Waals surface area contributed by atoms with Gasteiger partial charge in [-0.2, -0.15) is 0 Å². The molecule has 1 aromatic carbocycles. The highest BCUT2D eigenvalue weighted by Crippen LogP contribution is 2.38. The van der Waals surface area contributed by atoms with Crippen LogP contribution in [0.2, 0.25) is 0 Å². The Morgan fingerprint density at radius 1 is 1.26 bits per heavy atom. The lowest BCUT2D eigenvalue weighted by Crippen LogP contribution is -2.35. The van der Waals surface area contributed by atoms with Gasteiger partial charge in [-0.3, -0.25) is 4.79 Å². The van der Waals surface area contributed by atoms with Gasteiger partial charge in [-0.25, -0.2) is 14.8 Å². The highest BCUT2D eigenvalue weighted by atomic mass is 32.1. The van der Waals surface area contributed by atoms with E-state index < -0.39 is 17.5 Å². The quantitative estimate of drug-likeness (QED) is 0.320. The highest BCUT2D eigenvalue weighted by Gasteiger charge is 2.48. The Labute approximate surface area is 222 Å². The first-order chi connectivity index (χ1) is 18.3. The monoisotopic (exact) mass is 535 g/mol. The number of carbonyl (C=O) groups excluding carboxylic acids is 2. The van der Waals surface area contributed by atoms with Gasteiger partial charge in [0.1, 0.15) is 21.4 Å². The number of carbonyl (C=O) groups is 2. The third-order valence-electron chi connectivity index (χ3n) is 6.14. The van der Waals surface area contributed by atoms with E-state index >= 15 is 0 Å². The summed E-state index contributed by atoms with van der Waals surface area (Å²) in [7, 11) is 3.14. The number of likely N-dealkylation sites (tertiary alicyclic amines) is 1. The number of nitrogens with one attached hydrogen (secondary N) is 1. The molecule has 3 aromatic heterocycles. The number of benzene rings is 1. The van der Waals surface area contributed by atoms with Gasteiger partial charge in [-0.05, 0) is 25.1 Å². The predicted molar refractivity (Wildman–Crippen MR) is 139 cm³/mol. The lowest BCUT2D eigenvalue weighted by molar-refractivity contribution is -0.144. The Morgan fingerprint density at radius 3 is 2.82 bits per heavy atom. The number of thiazole rings is 1. The van der Waals surface area contributed by atoms with Crippen LogP contribution in [0.15, 0.2) is 53.2 Å². The number of ether oxygens (including phenoxy) is 2. The van der Waals surface area contributed by atoms with Crippen LogP contribution in [0, 0.1) is 0 Å². The number of aliphatic hydroxyl groups is 1. The Morgan fingerprint density at radius 2 is 2.08 bits per heavy atom. The highest BCUT2D eigenvalue weighted by molar-refractivity contribution is 7.19. The number of methoxy groups -OCH3 is 1. The number of amides is 1. The third kappa shape index (κ3) is 4.59. The first-order valence-electron chi connectivity index (χ1n) is 11.8. The molecule has 1 aliphatic heterocycles. The Hall–Kier alpha value is -4.29. The second kappa shape index (κ2) is 10.2. The summed E-state index contributed by atoms with van der Waals surface area (Å²) in [6.07, 6.45) is 1.83. The Kier molecular flexibility index (Phi) is 6.83. The van der Waals surface area contributed by atoms with Gasteiger partial charge in [0, 0.05) is 43.4 Å². The van der Waals surface area contributed by atoms with Crippen molar-refractivity contribution in [2.45, 2.75) is 18.9 Å². The Balaban J connectivity index is 1.48. The molecule has 1 amide bonds. The average molecular weight is 536 g/mol. The van der Waals surface area contributed by atoms with Gasteiger partial charge in [0.05, 0.1) is 13.7 Å². The molecule has 4 aromatic rings. The van der Waals surface area contributed by atoms with Crippen LogP contribution in [0.4, 0.5) is 10.7 Å². The second-order valence-corrected chi connectivity index (χ2v) is 9.60.